The van der Waals surface area contributed by atoms with E-state index in [2.05, 4.69) is 0 Å². The Balaban J connectivity index is 2.28. The van der Waals surface area contributed by atoms with Crippen LogP contribution in [0.5, 0.6) is 5.75 Å². The van der Waals surface area contributed by atoms with Gasteiger partial charge < -0.3 is 9.84 Å². The first-order valence-corrected chi connectivity index (χ1v) is 6.00. The Kier molecular flexibility index (Phi) is 3.40. The minimum atomic E-state index is -0.572. The van der Waals surface area contributed by atoms with Gasteiger partial charge in [0, 0.05) is 5.56 Å². The van der Waals surface area contributed by atoms with Crippen molar-refractivity contribution in [2.24, 2.45) is 5.41 Å². The largest absolute Gasteiger partial charge is 0.495 e. The van der Waals surface area contributed by atoms with Gasteiger partial charge >= 0.3 is 0 Å². The number of carbonyl (C=O) groups is 1. The molecule has 92 valence electrons. The van der Waals surface area contributed by atoms with Crippen molar-refractivity contribution in [1.82, 2.24) is 0 Å². The number of rotatable bonds is 4. The summed E-state index contributed by atoms with van der Waals surface area (Å²) in [4.78, 5) is 12.3. The predicted octanol–water partition coefficient (Wildman–Crippen LogP) is 2.69. The molecule has 0 amide bonds. The molecule has 1 fully saturated rings. The molecule has 0 saturated heterocycles. The van der Waals surface area contributed by atoms with Crippen LogP contribution >= 0.6 is 11.6 Å². The van der Waals surface area contributed by atoms with E-state index < -0.39 is 5.41 Å². The third-order valence-electron chi connectivity index (χ3n) is 3.51. The van der Waals surface area contributed by atoms with Crippen LogP contribution in [0.3, 0.4) is 0 Å². The first-order valence-electron chi connectivity index (χ1n) is 5.62. The maximum absolute atomic E-state index is 12.3. The number of methoxy groups -OCH3 is 1. The summed E-state index contributed by atoms with van der Waals surface area (Å²) in [6.07, 6.45) is 2.51. The maximum Gasteiger partial charge on any atom is 0.171 e. The first kappa shape index (κ1) is 12.4. The molecule has 1 aliphatic rings. The molecule has 0 spiro atoms. The molecule has 17 heavy (non-hydrogen) atoms. The molecule has 1 aliphatic carbocycles. The third-order valence-corrected chi connectivity index (χ3v) is 3.80. The first-order chi connectivity index (χ1) is 8.13. The third kappa shape index (κ3) is 2.05. The lowest BCUT2D eigenvalue weighted by Gasteiger charge is -2.38. The zero-order chi connectivity index (χ0) is 12.5. The SMILES string of the molecule is COc1ccc(C(=O)C2(CO)CCC2)cc1Cl. The van der Waals surface area contributed by atoms with Crippen molar-refractivity contribution in [3.8, 4) is 5.75 Å². The minimum absolute atomic E-state index is 0.0178. The van der Waals surface area contributed by atoms with E-state index in [1.165, 1.54) is 7.11 Å². The summed E-state index contributed by atoms with van der Waals surface area (Å²) >= 11 is 5.99. The van der Waals surface area contributed by atoms with Crippen LogP contribution in [0.2, 0.25) is 5.02 Å². The normalized spacial score (nSPS) is 17.4. The summed E-state index contributed by atoms with van der Waals surface area (Å²) in [5, 5.41) is 9.78. The van der Waals surface area contributed by atoms with Gasteiger partial charge in [-0.05, 0) is 31.0 Å². The van der Waals surface area contributed by atoms with Crippen molar-refractivity contribution in [1.29, 1.82) is 0 Å². The summed E-state index contributed by atoms with van der Waals surface area (Å²) in [6.45, 7) is -0.0878. The fourth-order valence-corrected chi connectivity index (χ4v) is 2.43. The van der Waals surface area contributed by atoms with Gasteiger partial charge in [-0.3, -0.25) is 4.79 Å². The van der Waals surface area contributed by atoms with Crippen LogP contribution in [0, 0.1) is 5.41 Å². The molecular formula is C13H15ClO3. The highest BCUT2D eigenvalue weighted by atomic mass is 35.5. The molecule has 0 aliphatic heterocycles. The van der Waals surface area contributed by atoms with Gasteiger partial charge in [-0.25, -0.2) is 0 Å². The molecule has 0 aromatic heterocycles. The second-order valence-electron chi connectivity index (χ2n) is 4.47. The van der Waals surface area contributed by atoms with Crippen molar-refractivity contribution in [3.63, 3.8) is 0 Å². The maximum atomic E-state index is 12.3. The lowest BCUT2D eigenvalue weighted by Crippen LogP contribution is -2.41. The zero-order valence-corrected chi connectivity index (χ0v) is 10.5. The molecule has 3 nitrogen and oxygen atoms in total. The van der Waals surface area contributed by atoms with Crippen molar-refractivity contribution in [2.45, 2.75) is 19.3 Å². The molecule has 1 saturated carbocycles. The molecule has 0 bridgehead atoms. The van der Waals surface area contributed by atoms with E-state index in [0.29, 0.717) is 16.3 Å². The summed E-state index contributed by atoms with van der Waals surface area (Å²) < 4.78 is 5.04. The van der Waals surface area contributed by atoms with Crippen LogP contribution in [0.15, 0.2) is 18.2 Å². The number of ketones is 1. The van der Waals surface area contributed by atoms with Gasteiger partial charge in [0.2, 0.25) is 0 Å². The van der Waals surface area contributed by atoms with E-state index in [4.69, 9.17) is 16.3 Å². The second-order valence-corrected chi connectivity index (χ2v) is 4.88. The highest BCUT2D eigenvalue weighted by molar-refractivity contribution is 6.32. The Labute approximate surface area is 105 Å². The number of ether oxygens (including phenoxy) is 1. The number of Topliss-reactive ketones (excluding diaryl/α,β-unsaturated/α-hetero) is 1. The van der Waals surface area contributed by atoms with Gasteiger partial charge in [0.05, 0.1) is 24.2 Å². The van der Waals surface area contributed by atoms with Crippen LogP contribution < -0.4 is 4.74 Å². The second kappa shape index (κ2) is 4.67. The molecule has 1 N–H and O–H groups in total. The Morgan fingerprint density at radius 2 is 2.24 bits per heavy atom. The van der Waals surface area contributed by atoms with Crippen LogP contribution in [0.4, 0.5) is 0 Å². The molecule has 0 unspecified atom stereocenters. The molecule has 2 rings (SSSR count). The molecule has 1 aromatic rings. The summed E-state index contributed by atoms with van der Waals surface area (Å²) in [5.41, 5.74) is -0.0256. The number of benzene rings is 1. The minimum Gasteiger partial charge on any atom is -0.495 e. The number of hydrogen-bond donors (Lipinski definition) is 1. The topological polar surface area (TPSA) is 46.5 Å². The van der Waals surface area contributed by atoms with Gasteiger partial charge in [-0.2, -0.15) is 0 Å². The fraction of sp³-hybridized carbons (Fsp3) is 0.462. The Morgan fingerprint density at radius 1 is 1.53 bits per heavy atom. The number of aliphatic hydroxyl groups is 1. The average molecular weight is 255 g/mol. The number of hydrogen-bond acceptors (Lipinski definition) is 3. The van der Waals surface area contributed by atoms with Gasteiger partial charge in [-0.15, -0.1) is 0 Å². The van der Waals surface area contributed by atoms with Gasteiger partial charge in [-0.1, -0.05) is 18.0 Å². The highest BCUT2D eigenvalue weighted by Gasteiger charge is 2.43. The highest BCUT2D eigenvalue weighted by Crippen LogP contribution is 2.43. The average Bonchev–Trinajstić information content (AvgIpc) is 2.28. The van der Waals surface area contributed by atoms with E-state index >= 15 is 0 Å². The van der Waals surface area contributed by atoms with Crippen LogP contribution in [0.1, 0.15) is 29.6 Å². The lowest BCUT2D eigenvalue weighted by atomic mass is 9.65. The number of carbonyl (C=O) groups excluding carboxylic acids is 1. The zero-order valence-electron chi connectivity index (χ0n) is 9.70. The quantitative estimate of drug-likeness (QED) is 0.841. The summed E-state index contributed by atoms with van der Waals surface area (Å²) in [6, 6.07) is 4.99. The molecule has 0 heterocycles. The van der Waals surface area contributed by atoms with Crippen LogP contribution in [-0.4, -0.2) is 24.6 Å². The standard InChI is InChI=1S/C13H15ClO3/c1-17-11-4-3-9(7-10(11)14)12(16)13(8-15)5-2-6-13/h3-4,7,15H,2,5-6,8H2,1H3. The van der Waals surface area contributed by atoms with Crippen LogP contribution in [-0.2, 0) is 0 Å². The number of aliphatic hydroxyl groups excluding tert-OH is 1. The van der Waals surface area contributed by atoms with Gasteiger partial charge in [0.15, 0.2) is 5.78 Å². The van der Waals surface area contributed by atoms with Crippen LogP contribution in [0.25, 0.3) is 0 Å². The lowest BCUT2D eigenvalue weighted by molar-refractivity contribution is 0.0348. The smallest absolute Gasteiger partial charge is 0.171 e. The monoisotopic (exact) mass is 254 g/mol. The van der Waals surface area contributed by atoms with Gasteiger partial charge in [0.1, 0.15) is 5.75 Å². The molecule has 0 atom stereocenters. The van der Waals surface area contributed by atoms with E-state index in [-0.39, 0.29) is 12.4 Å². The van der Waals surface area contributed by atoms with Gasteiger partial charge in [0.25, 0.3) is 0 Å². The predicted molar refractivity (Wildman–Crippen MR) is 65.7 cm³/mol. The van der Waals surface area contributed by atoms with E-state index in [9.17, 15) is 9.90 Å². The summed E-state index contributed by atoms with van der Waals surface area (Å²) in [7, 11) is 1.53. The van der Waals surface area contributed by atoms with E-state index in [0.717, 1.165) is 19.3 Å². The molecule has 0 radical (unpaired) electrons. The molecule has 4 heteroatoms. The Hall–Kier alpha value is -1.06. The molecule has 1 aromatic carbocycles. The Bertz CT molecular complexity index is 433. The Morgan fingerprint density at radius 3 is 2.65 bits per heavy atom. The van der Waals surface area contributed by atoms with E-state index in [1.54, 1.807) is 18.2 Å². The summed E-state index contributed by atoms with van der Waals surface area (Å²) in [5.74, 6) is 0.533. The van der Waals surface area contributed by atoms with Crippen molar-refractivity contribution in [2.75, 3.05) is 13.7 Å². The van der Waals surface area contributed by atoms with E-state index in [1.807, 2.05) is 0 Å². The number of halogens is 1. The van der Waals surface area contributed by atoms with Crippen molar-refractivity contribution < 1.29 is 14.6 Å². The molecular weight excluding hydrogens is 240 g/mol. The fourth-order valence-electron chi connectivity index (χ4n) is 2.17. The van der Waals surface area contributed by atoms with Crippen molar-refractivity contribution >= 4 is 17.4 Å². The van der Waals surface area contributed by atoms with Crippen molar-refractivity contribution in [3.05, 3.63) is 28.8 Å².